The van der Waals surface area contributed by atoms with E-state index in [1.54, 1.807) is 29.3 Å². The van der Waals surface area contributed by atoms with E-state index in [-0.39, 0.29) is 0 Å². The van der Waals surface area contributed by atoms with Gasteiger partial charge in [0.2, 0.25) is 0 Å². The molecule has 0 fully saturated rings. The highest BCUT2D eigenvalue weighted by Gasteiger charge is 1.96. The van der Waals surface area contributed by atoms with Crippen LogP contribution in [0.15, 0.2) is 45.3 Å². The van der Waals surface area contributed by atoms with Crippen LogP contribution in [0.5, 0.6) is 0 Å². The molecule has 0 aliphatic heterocycles. The van der Waals surface area contributed by atoms with Crippen LogP contribution in [-0.2, 0) is 0 Å². The summed E-state index contributed by atoms with van der Waals surface area (Å²) < 4.78 is 1.20. The van der Waals surface area contributed by atoms with Crippen molar-refractivity contribution < 1.29 is 0 Å². The Morgan fingerprint density at radius 1 is 1.25 bits per heavy atom. The van der Waals surface area contributed by atoms with Gasteiger partial charge < -0.3 is 0 Å². The van der Waals surface area contributed by atoms with Crippen molar-refractivity contribution in [2.75, 3.05) is 0 Å². The summed E-state index contributed by atoms with van der Waals surface area (Å²) in [4.78, 5) is 9.18. The normalized spacial score (nSPS) is 10.0. The minimum absolute atomic E-state index is 1.15. The average Bonchev–Trinajstić information content (AvgIpc) is 2.59. The first-order chi connectivity index (χ1) is 5.95. The van der Waals surface area contributed by atoms with Crippen LogP contribution in [0.3, 0.4) is 0 Å². The number of hydrogen-bond acceptors (Lipinski definition) is 4. The van der Waals surface area contributed by atoms with Crippen LogP contribution < -0.4 is 0 Å². The van der Waals surface area contributed by atoms with E-state index in [0.717, 1.165) is 4.90 Å². The molecular formula is C8H6N2S2. The Kier molecular flexibility index (Phi) is 2.39. The van der Waals surface area contributed by atoms with Gasteiger partial charge in [0.05, 0.1) is 15.9 Å². The van der Waals surface area contributed by atoms with Gasteiger partial charge in [0.15, 0.2) is 0 Å². The lowest BCUT2D eigenvalue weighted by molar-refractivity contribution is 1.24. The molecule has 0 amide bonds. The number of nitrogens with zero attached hydrogens (tertiary/aromatic N) is 2. The molecule has 0 aliphatic carbocycles. The third kappa shape index (κ3) is 1.84. The van der Waals surface area contributed by atoms with Crippen LogP contribution in [0.1, 0.15) is 0 Å². The van der Waals surface area contributed by atoms with Gasteiger partial charge in [-0.2, -0.15) is 0 Å². The topological polar surface area (TPSA) is 25.8 Å². The molecule has 4 heteroatoms. The van der Waals surface area contributed by atoms with Gasteiger partial charge >= 0.3 is 0 Å². The summed E-state index contributed by atoms with van der Waals surface area (Å²) >= 11 is 3.33. The second-order valence-corrected chi connectivity index (χ2v) is 4.37. The fourth-order valence-corrected chi connectivity index (χ4v) is 2.34. The Hall–Kier alpha value is -0.870. The maximum absolute atomic E-state index is 4.03. The molecule has 2 aromatic rings. The maximum atomic E-state index is 4.03. The summed E-state index contributed by atoms with van der Waals surface area (Å²) in [7, 11) is 0. The second-order valence-electron chi connectivity index (χ2n) is 2.11. The van der Waals surface area contributed by atoms with E-state index in [2.05, 4.69) is 9.97 Å². The Morgan fingerprint density at radius 2 is 2.25 bits per heavy atom. The van der Waals surface area contributed by atoms with Crippen molar-refractivity contribution in [2.45, 2.75) is 9.10 Å². The molecule has 0 spiro atoms. The third-order valence-electron chi connectivity index (χ3n) is 1.26. The zero-order valence-electron chi connectivity index (χ0n) is 6.18. The maximum Gasteiger partial charge on any atom is 0.0846 e. The molecule has 2 nitrogen and oxygen atoms in total. The predicted molar refractivity (Wildman–Crippen MR) is 50.5 cm³/mol. The van der Waals surface area contributed by atoms with Gasteiger partial charge in [0, 0.05) is 17.3 Å². The second kappa shape index (κ2) is 3.69. The van der Waals surface area contributed by atoms with E-state index in [9.17, 15) is 0 Å². The van der Waals surface area contributed by atoms with Crippen molar-refractivity contribution in [1.29, 1.82) is 0 Å². The molecule has 0 N–H and O–H groups in total. The van der Waals surface area contributed by atoms with Crippen molar-refractivity contribution in [3.8, 4) is 0 Å². The molecule has 0 aliphatic rings. The van der Waals surface area contributed by atoms with E-state index in [0.29, 0.717) is 0 Å². The van der Waals surface area contributed by atoms with Gasteiger partial charge in [-0.05, 0) is 12.1 Å². The number of pyridine rings is 1. The van der Waals surface area contributed by atoms with Gasteiger partial charge in [0.25, 0.3) is 0 Å². The summed E-state index contributed by atoms with van der Waals surface area (Å²) in [6.07, 6.45) is 5.49. The van der Waals surface area contributed by atoms with Gasteiger partial charge in [-0.1, -0.05) is 11.8 Å². The van der Waals surface area contributed by atoms with Crippen molar-refractivity contribution >= 4 is 23.1 Å². The van der Waals surface area contributed by atoms with E-state index in [1.807, 2.05) is 30.0 Å². The van der Waals surface area contributed by atoms with Gasteiger partial charge in [-0.3, -0.25) is 9.97 Å². The van der Waals surface area contributed by atoms with Crippen LogP contribution >= 0.6 is 23.1 Å². The molecule has 0 aromatic carbocycles. The number of hydrogen-bond donors (Lipinski definition) is 0. The molecule has 0 saturated heterocycles. The highest BCUT2D eigenvalue weighted by atomic mass is 32.2. The average molecular weight is 194 g/mol. The lowest BCUT2D eigenvalue weighted by Gasteiger charge is -1.94. The Balaban J connectivity index is 2.15. The van der Waals surface area contributed by atoms with E-state index >= 15 is 0 Å². The fraction of sp³-hybridized carbons (Fsp3) is 0. The summed E-state index contributed by atoms with van der Waals surface area (Å²) in [5.41, 5.74) is 1.83. The molecule has 12 heavy (non-hydrogen) atoms. The van der Waals surface area contributed by atoms with E-state index < -0.39 is 0 Å². The zero-order chi connectivity index (χ0) is 8.23. The number of rotatable bonds is 2. The van der Waals surface area contributed by atoms with Gasteiger partial charge in [-0.15, -0.1) is 11.3 Å². The largest absolute Gasteiger partial charge is 0.264 e. The molecule has 2 rings (SSSR count). The lowest BCUT2D eigenvalue weighted by atomic mass is 10.5. The lowest BCUT2D eigenvalue weighted by Crippen LogP contribution is -1.71. The zero-order valence-corrected chi connectivity index (χ0v) is 7.81. The summed E-state index contributed by atoms with van der Waals surface area (Å²) in [6.45, 7) is 0. The highest BCUT2D eigenvalue weighted by molar-refractivity contribution is 8.01. The van der Waals surface area contributed by atoms with Crippen molar-refractivity contribution in [3.63, 3.8) is 0 Å². The summed E-state index contributed by atoms with van der Waals surface area (Å²) in [5.74, 6) is 0. The highest BCUT2D eigenvalue weighted by Crippen LogP contribution is 2.29. The molecule has 2 heterocycles. The van der Waals surface area contributed by atoms with Crippen LogP contribution in [0.2, 0.25) is 0 Å². The molecule has 0 atom stereocenters. The summed E-state index contributed by atoms with van der Waals surface area (Å²) in [6, 6.07) is 3.97. The molecule has 0 bridgehead atoms. The van der Waals surface area contributed by atoms with Crippen LogP contribution in [0.25, 0.3) is 0 Å². The Bertz CT molecular complexity index is 331. The standard InChI is InChI=1S/C8H6N2S2/c1-2-7(4-9-3-1)12-8-5-10-6-11-8/h1-6H. The number of aromatic nitrogens is 2. The molecule has 0 unspecified atom stereocenters. The molecule has 0 saturated carbocycles. The third-order valence-corrected chi connectivity index (χ3v) is 3.15. The summed E-state index contributed by atoms with van der Waals surface area (Å²) in [5, 5.41) is 0. The van der Waals surface area contributed by atoms with E-state index in [4.69, 9.17) is 0 Å². The van der Waals surface area contributed by atoms with Crippen molar-refractivity contribution in [1.82, 2.24) is 9.97 Å². The molecule has 0 radical (unpaired) electrons. The Labute approximate surface area is 78.7 Å². The van der Waals surface area contributed by atoms with Crippen molar-refractivity contribution in [3.05, 3.63) is 36.2 Å². The molecule has 2 aromatic heterocycles. The Morgan fingerprint density at radius 3 is 2.92 bits per heavy atom. The monoisotopic (exact) mass is 194 g/mol. The minimum atomic E-state index is 1.15. The molecule has 60 valence electrons. The molecular weight excluding hydrogens is 188 g/mol. The first-order valence-corrected chi connectivity index (χ1v) is 5.11. The van der Waals surface area contributed by atoms with Gasteiger partial charge in [0.1, 0.15) is 0 Å². The van der Waals surface area contributed by atoms with Crippen LogP contribution in [0.4, 0.5) is 0 Å². The smallest absolute Gasteiger partial charge is 0.0846 e. The first kappa shape index (κ1) is 7.76. The van der Waals surface area contributed by atoms with Crippen molar-refractivity contribution in [2.24, 2.45) is 0 Å². The van der Waals surface area contributed by atoms with Crippen LogP contribution in [-0.4, -0.2) is 9.97 Å². The number of thiazole rings is 1. The SMILES string of the molecule is c1cncc(Sc2cncs2)c1. The quantitative estimate of drug-likeness (QED) is 0.735. The van der Waals surface area contributed by atoms with E-state index in [1.165, 1.54) is 4.21 Å². The predicted octanol–water partition coefficient (Wildman–Crippen LogP) is 2.69. The van der Waals surface area contributed by atoms with Gasteiger partial charge in [-0.25, -0.2) is 0 Å². The fourth-order valence-electron chi connectivity index (χ4n) is 0.778. The first-order valence-electron chi connectivity index (χ1n) is 3.41. The minimum Gasteiger partial charge on any atom is -0.264 e. The van der Waals surface area contributed by atoms with Crippen LogP contribution in [0, 0.1) is 0 Å².